The molecule has 0 spiro atoms. The normalized spacial score (nSPS) is 22.2. The van der Waals surface area contributed by atoms with Crippen LogP contribution in [-0.2, 0) is 4.79 Å². The maximum absolute atomic E-state index is 11.0. The van der Waals surface area contributed by atoms with Crippen molar-refractivity contribution in [3.8, 4) is 0 Å². The van der Waals surface area contributed by atoms with E-state index in [1.165, 1.54) is 0 Å². The summed E-state index contributed by atoms with van der Waals surface area (Å²) in [5, 5.41) is 2.85. The number of carbonyl (C=O) groups excluding carboxylic acids is 1. The first-order chi connectivity index (χ1) is 6.22. The van der Waals surface area contributed by atoms with Crippen LogP contribution < -0.4 is 11.1 Å². The summed E-state index contributed by atoms with van der Waals surface area (Å²) in [6.45, 7) is 6.46. The Hall–Kier alpha value is -0.610. The van der Waals surface area contributed by atoms with Crippen LogP contribution in [0.2, 0.25) is 0 Å². The molecule has 1 amide bonds. The van der Waals surface area contributed by atoms with Gasteiger partial charge in [0, 0.05) is 32.6 Å². The summed E-state index contributed by atoms with van der Waals surface area (Å²) >= 11 is 0. The molecule has 0 aliphatic carbocycles. The van der Waals surface area contributed by atoms with Gasteiger partial charge in [0.15, 0.2) is 0 Å². The largest absolute Gasteiger partial charge is 0.355 e. The minimum Gasteiger partial charge on any atom is -0.355 e. The van der Waals surface area contributed by atoms with E-state index in [0.29, 0.717) is 12.3 Å². The maximum Gasteiger partial charge on any atom is 0.221 e. The van der Waals surface area contributed by atoms with Gasteiger partial charge in [-0.2, -0.15) is 0 Å². The van der Waals surface area contributed by atoms with Crippen LogP contribution in [0.15, 0.2) is 0 Å². The van der Waals surface area contributed by atoms with Crippen molar-refractivity contribution in [1.29, 1.82) is 0 Å². The molecule has 0 saturated carbocycles. The molecule has 0 bridgehead atoms. The zero-order valence-electron chi connectivity index (χ0n) is 8.25. The van der Waals surface area contributed by atoms with Gasteiger partial charge in [0.2, 0.25) is 5.91 Å². The van der Waals surface area contributed by atoms with E-state index in [2.05, 4.69) is 17.1 Å². The maximum atomic E-state index is 11.0. The van der Waals surface area contributed by atoms with Crippen molar-refractivity contribution in [1.82, 2.24) is 10.2 Å². The summed E-state index contributed by atoms with van der Waals surface area (Å²) in [7, 11) is 0. The van der Waals surface area contributed by atoms with Crippen molar-refractivity contribution in [3.05, 3.63) is 0 Å². The molecule has 0 aromatic carbocycles. The number of amides is 1. The Kier molecular flexibility index (Phi) is 4.18. The average Bonchev–Trinajstić information content (AvgIpc) is 2.31. The first kappa shape index (κ1) is 10.5. The standard InChI is InChI=1S/C9H19N3O/c1-8(6-10)7-12-4-2-9(13)11-3-5-12/h8H,2-7,10H2,1H3,(H,11,13). The van der Waals surface area contributed by atoms with Crippen LogP contribution in [0.1, 0.15) is 13.3 Å². The molecule has 1 unspecified atom stereocenters. The summed E-state index contributed by atoms with van der Waals surface area (Å²) in [5.74, 6) is 0.691. The summed E-state index contributed by atoms with van der Waals surface area (Å²) < 4.78 is 0. The van der Waals surface area contributed by atoms with Gasteiger partial charge in [-0.3, -0.25) is 4.79 Å². The number of nitrogens with one attached hydrogen (secondary N) is 1. The first-order valence-corrected chi connectivity index (χ1v) is 4.91. The Labute approximate surface area is 79.5 Å². The van der Waals surface area contributed by atoms with E-state index in [1.54, 1.807) is 0 Å². The second-order valence-corrected chi connectivity index (χ2v) is 3.74. The Balaban J connectivity index is 2.29. The van der Waals surface area contributed by atoms with Gasteiger partial charge in [0.05, 0.1) is 0 Å². The molecule has 1 aliphatic rings. The Morgan fingerprint density at radius 2 is 2.38 bits per heavy atom. The van der Waals surface area contributed by atoms with Gasteiger partial charge in [-0.25, -0.2) is 0 Å². The molecule has 1 atom stereocenters. The SMILES string of the molecule is CC(CN)CN1CCNC(=O)CC1. The minimum atomic E-state index is 0.169. The lowest BCUT2D eigenvalue weighted by atomic mass is 10.1. The number of hydrogen-bond acceptors (Lipinski definition) is 3. The zero-order chi connectivity index (χ0) is 9.68. The Morgan fingerprint density at radius 1 is 1.62 bits per heavy atom. The molecule has 4 heteroatoms. The third-order valence-electron chi connectivity index (χ3n) is 2.38. The van der Waals surface area contributed by atoms with Crippen LogP contribution in [0, 0.1) is 5.92 Å². The van der Waals surface area contributed by atoms with Crippen molar-refractivity contribution in [2.24, 2.45) is 11.7 Å². The molecule has 1 heterocycles. The third-order valence-corrected chi connectivity index (χ3v) is 2.38. The van der Waals surface area contributed by atoms with Crippen LogP contribution in [0.4, 0.5) is 0 Å². The lowest BCUT2D eigenvalue weighted by molar-refractivity contribution is -0.120. The predicted octanol–water partition coefficient (Wildman–Crippen LogP) is -0.597. The lowest BCUT2D eigenvalue weighted by Crippen LogP contribution is -2.34. The van der Waals surface area contributed by atoms with Crippen LogP contribution in [-0.4, -0.2) is 43.5 Å². The Morgan fingerprint density at radius 3 is 3.08 bits per heavy atom. The number of nitrogens with zero attached hydrogens (tertiary/aromatic N) is 1. The van der Waals surface area contributed by atoms with Gasteiger partial charge in [-0.15, -0.1) is 0 Å². The Bertz CT molecular complexity index is 172. The van der Waals surface area contributed by atoms with Crippen LogP contribution in [0.3, 0.4) is 0 Å². The monoisotopic (exact) mass is 185 g/mol. The summed E-state index contributed by atoms with van der Waals surface area (Å²) in [5.41, 5.74) is 5.55. The van der Waals surface area contributed by atoms with E-state index < -0.39 is 0 Å². The number of hydrogen-bond donors (Lipinski definition) is 2. The van der Waals surface area contributed by atoms with Crippen molar-refractivity contribution < 1.29 is 4.79 Å². The number of nitrogens with two attached hydrogens (primary N) is 1. The van der Waals surface area contributed by atoms with Crippen molar-refractivity contribution >= 4 is 5.91 Å². The minimum absolute atomic E-state index is 0.169. The van der Waals surface area contributed by atoms with Gasteiger partial charge < -0.3 is 16.0 Å². The number of carbonyl (C=O) groups is 1. The molecule has 1 fully saturated rings. The van der Waals surface area contributed by atoms with E-state index in [-0.39, 0.29) is 5.91 Å². The van der Waals surface area contributed by atoms with E-state index in [0.717, 1.165) is 32.7 Å². The van der Waals surface area contributed by atoms with Gasteiger partial charge in [0.1, 0.15) is 0 Å². The van der Waals surface area contributed by atoms with Crippen LogP contribution >= 0.6 is 0 Å². The number of rotatable bonds is 3. The quantitative estimate of drug-likeness (QED) is 0.617. The van der Waals surface area contributed by atoms with Crippen molar-refractivity contribution in [2.75, 3.05) is 32.7 Å². The molecule has 76 valence electrons. The second kappa shape index (κ2) is 5.19. The highest BCUT2D eigenvalue weighted by molar-refractivity contribution is 5.76. The van der Waals surface area contributed by atoms with E-state index in [4.69, 9.17) is 5.73 Å². The smallest absolute Gasteiger partial charge is 0.221 e. The zero-order valence-corrected chi connectivity index (χ0v) is 8.25. The molecule has 1 rings (SSSR count). The van der Waals surface area contributed by atoms with Crippen molar-refractivity contribution in [2.45, 2.75) is 13.3 Å². The molecule has 1 saturated heterocycles. The third kappa shape index (κ3) is 3.74. The second-order valence-electron chi connectivity index (χ2n) is 3.74. The lowest BCUT2D eigenvalue weighted by Gasteiger charge is -2.22. The van der Waals surface area contributed by atoms with E-state index >= 15 is 0 Å². The van der Waals surface area contributed by atoms with Gasteiger partial charge in [0.25, 0.3) is 0 Å². The predicted molar refractivity (Wildman–Crippen MR) is 52.3 cm³/mol. The van der Waals surface area contributed by atoms with Crippen LogP contribution in [0.25, 0.3) is 0 Å². The molecule has 13 heavy (non-hydrogen) atoms. The highest BCUT2D eigenvalue weighted by Crippen LogP contribution is 2.01. The van der Waals surface area contributed by atoms with E-state index in [1.807, 2.05) is 0 Å². The molecule has 3 N–H and O–H groups in total. The summed E-state index contributed by atoms with van der Waals surface area (Å²) in [4.78, 5) is 13.3. The van der Waals surface area contributed by atoms with Gasteiger partial charge in [-0.05, 0) is 12.5 Å². The van der Waals surface area contributed by atoms with Gasteiger partial charge in [-0.1, -0.05) is 6.92 Å². The molecule has 0 radical (unpaired) electrons. The summed E-state index contributed by atoms with van der Waals surface area (Å²) in [6.07, 6.45) is 0.622. The highest BCUT2D eigenvalue weighted by Gasteiger charge is 2.14. The molecular weight excluding hydrogens is 166 g/mol. The molecule has 0 aromatic rings. The van der Waals surface area contributed by atoms with E-state index in [9.17, 15) is 4.79 Å². The topological polar surface area (TPSA) is 58.4 Å². The van der Waals surface area contributed by atoms with Gasteiger partial charge >= 0.3 is 0 Å². The van der Waals surface area contributed by atoms with Crippen molar-refractivity contribution in [3.63, 3.8) is 0 Å². The highest BCUT2D eigenvalue weighted by atomic mass is 16.1. The molecule has 1 aliphatic heterocycles. The fourth-order valence-electron chi connectivity index (χ4n) is 1.51. The molecule has 0 aromatic heterocycles. The average molecular weight is 185 g/mol. The molecular formula is C9H19N3O. The first-order valence-electron chi connectivity index (χ1n) is 4.91. The summed E-state index contributed by atoms with van der Waals surface area (Å²) in [6, 6.07) is 0. The fraction of sp³-hybridized carbons (Fsp3) is 0.889. The molecule has 4 nitrogen and oxygen atoms in total. The van der Waals surface area contributed by atoms with Crippen LogP contribution in [0.5, 0.6) is 0 Å². The fourth-order valence-corrected chi connectivity index (χ4v) is 1.51.